The van der Waals surface area contributed by atoms with Crippen molar-refractivity contribution in [2.24, 2.45) is 11.8 Å². The molecule has 45 heavy (non-hydrogen) atoms. The molecule has 2 aromatic carbocycles. The molecule has 13 heteroatoms. The molecule has 2 N–H and O–H groups in total. The zero-order chi connectivity index (χ0) is 31.2. The molecule has 4 fully saturated rings. The van der Waals surface area contributed by atoms with Crippen molar-refractivity contribution in [1.82, 2.24) is 9.21 Å². The smallest absolute Gasteiger partial charge is 0.244 e. The Morgan fingerprint density at radius 2 is 1.76 bits per heavy atom. The van der Waals surface area contributed by atoms with E-state index in [0.717, 1.165) is 89.6 Å². The topological polar surface area (TPSA) is 138 Å². The minimum atomic E-state index is -3.98. The highest BCUT2D eigenvalue weighted by Crippen LogP contribution is 2.48. The van der Waals surface area contributed by atoms with Crippen molar-refractivity contribution in [3.05, 3.63) is 52.7 Å². The highest BCUT2D eigenvalue weighted by molar-refractivity contribution is 7.89. The van der Waals surface area contributed by atoms with Gasteiger partial charge in [-0.05, 0) is 29.5 Å². The maximum atomic E-state index is 14.1. The minimum Gasteiger partial charge on any atom is -1.00 e. The van der Waals surface area contributed by atoms with Gasteiger partial charge in [0.1, 0.15) is 45.8 Å². The summed E-state index contributed by atoms with van der Waals surface area (Å²) in [7, 11) is -3.98. The van der Waals surface area contributed by atoms with Gasteiger partial charge in [0.2, 0.25) is 15.9 Å². The number of benzene rings is 2. The van der Waals surface area contributed by atoms with E-state index < -0.39 is 45.9 Å². The van der Waals surface area contributed by atoms with E-state index in [1.807, 2.05) is 24.3 Å². The first kappa shape index (κ1) is 32.4. The van der Waals surface area contributed by atoms with Gasteiger partial charge in [0, 0.05) is 43.0 Å². The van der Waals surface area contributed by atoms with Gasteiger partial charge in [0.15, 0.2) is 0 Å². The number of rotatable bonds is 9. The molecule has 0 saturated carbocycles. The van der Waals surface area contributed by atoms with Crippen molar-refractivity contribution in [2.75, 3.05) is 59.0 Å². The van der Waals surface area contributed by atoms with Crippen LogP contribution in [0.15, 0.2) is 46.5 Å². The van der Waals surface area contributed by atoms with Crippen LogP contribution in [-0.2, 0) is 32.7 Å². The average molecular weight is 661 g/mol. The second kappa shape index (κ2) is 11.3. The fourth-order valence-electron chi connectivity index (χ4n) is 8.86. The van der Waals surface area contributed by atoms with Crippen LogP contribution >= 0.6 is 0 Å². The van der Waals surface area contributed by atoms with Crippen molar-refractivity contribution in [3.8, 4) is 0 Å². The zero-order valence-corrected chi connectivity index (χ0v) is 27.3. The standard InChI is InChI=1S/C32H41N4O7S.ClH/c1-20-25(30(32(40)41)34-29(20)27(21(2)38)31(34)39)18-33-17-22-5-3-6-24-23(7-8-26(28(22)24)44(33,42)43)19-36-13-10-35(11-14-36,12-15-36)9-4-16-37;/h3,5-8,20-21,27,29,37-38H,4,9-19H2,1-2H3;1H/q+1;/p-1/t20-,21+,27+,29+,35?,36?;/m0./s1. The van der Waals surface area contributed by atoms with Crippen molar-refractivity contribution >= 4 is 32.7 Å². The molecule has 0 radical (unpaired) electrons. The van der Waals surface area contributed by atoms with E-state index in [1.54, 1.807) is 13.0 Å². The molecule has 0 aliphatic carbocycles. The maximum absolute atomic E-state index is 14.1. The van der Waals surface area contributed by atoms with E-state index in [9.17, 15) is 33.3 Å². The van der Waals surface area contributed by atoms with Gasteiger partial charge in [-0.3, -0.25) is 4.79 Å². The third-order valence-electron chi connectivity index (χ3n) is 11.4. The molecule has 6 aliphatic heterocycles. The first-order chi connectivity index (χ1) is 20.9. The van der Waals surface area contributed by atoms with E-state index in [0.29, 0.717) is 5.57 Å². The number of sulfonamides is 1. The van der Waals surface area contributed by atoms with Gasteiger partial charge in [-0.15, -0.1) is 0 Å². The fraction of sp³-hybridized carbons (Fsp3) is 0.562. The largest absolute Gasteiger partial charge is 1.00 e. The van der Waals surface area contributed by atoms with Crippen molar-refractivity contribution in [2.45, 2.75) is 50.4 Å². The Bertz CT molecular complexity index is 1690. The highest BCUT2D eigenvalue weighted by Gasteiger charge is 2.59. The number of piperazine rings is 3. The number of hydrogen-bond donors (Lipinski definition) is 2. The van der Waals surface area contributed by atoms with Crippen molar-refractivity contribution in [1.29, 1.82) is 0 Å². The molecule has 11 nitrogen and oxygen atoms in total. The molecule has 2 bridgehead atoms. The Kier molecular flexibility index (Phi) is 8.12. The molecule has 4 atom stereocenters. The summed E-state index contributed by atoms with van der Waals surface area (Å²) < 4.78 is 31.7. The van der Waals surface area contributed by atoms with E-state index in [-0.39, 0.29) is 42.7 Å². The number of quaternary nitrogens is 2. The molecule has 6 aliphatic rings. The monoisotopic (exact) mass is 660 g/mol. The number of carboxylic acid groups (broad SMARTS) is 1. The normalized spacial score (nSPS) is 32.3. The van der Waals surface area contributed by atoms with Crippen LogP contribution in [-0.4, -0.2) is 120 Å². The van der Waals surface area contributed by atoms with E-state index in [2.05, 4.69) is 0 Å². The first-order valence-electron chi connectivity index (χ1n) is 15.7. The molecule has 2 aromatic rings. The van der Waals surface area contributed by atoms with Gasteiger partial charge in [-0.1, -0.05) is 31.2 Å². The van der Waals surface area contributed by atoms with Crippen LogP contribution in [0.2, 0.25) is 0 Å². The Labute approximate surface area is 270 Å². The molecule has 244 valence electrons. The molecule has 1 amide bonds. The number of carbonyl (C=O) groups is 2. The number of halogens is 1. The van der Waals surface area contributed by atoms with Gasteiger partial charge in [0.05, 0.1) is 41.2 Å². The first-order valence-corrected chi connectivity index (χ1v) is 17.2. The van der Waals surface area contributed by atoms with Crippen LogP contribution in [0.1, 0.15) is 31.4 Å². The molecule has 4 saturated heterocycles. The van der Waals surface area contributed by atoms with E-state index in [4.69, 9.17) is 0 Å². The molecule has 8 rings (SSSR count). The summed E-state index contributed by atoms with van der Waals surface area (Å²) in [6, 6.07) is 9.04. The molecular weight excluding hydrogens is 620 g/mol. The zero-order valence-electron chi connectivity index (χ0n) is 25.7. The summed E-state index contributed by atoms with van der Waals surface area (Å²) in [5.74, 6) is -3.16. The third-order valence-corrected chi connectivity index (χ3v) is 13.3. The van der Waals surface area contributed by atoms with E-state index in [1.165, 1.54) is 16.1 Å². The molecule has 0 spiro atoms. The summed E-state index contributed by atoms with van der Waals surface area (Å²) in [5, 5.41) is 33.5. The fourth-order valence-corrected chi connectivity index (χ4v) is 10.5. The number of carboxylic acids is 1. The van der Waals surface area contributed by atoms with Crippen molar-refractivity contribution < 1.29 is 54.7 Å². The van der Waals surface area contributed by atoms with Crippen LogP contribution in [0, 0.1) is 11.8 Å². The Morgan fingerprint density at radius 3 is 2.38 bits per heavy atom. The molecular formula is C32H41ClN4O7S. The van der Waals surface area contributed by atoms with Crippen LogP contribution in [0.3, 0.4) is 0 Å². The summed E-state index contributed by atoms with van der Waals surface area (Å²) >= 11 is 0. The lowest BCUT2D eigenvalue weighted by Gasteiger charge is -2.55. The van der Waals surface area contributed by atoms with Gasteiger partial charge in [-0.2, -0.15) is 4.31 Å². The summed E-state index contributed by atoms with van der Waals surface area (Å²) in [4.78, 5) is 26.4. The Balaban J connectivity index is 0.00000357. The SMILES string of the molecule is C[C@@H](O)[C@H]1C(=O)N2C(C(=O)[O-])=C(CN3Cc4cccc5c(C[N+]67CC[N+](CCCO)(CC6)CC7)ccc(c45)S3(=O)=O)[C@H](C)[C@H]12.[Cl-]. The van der Waals surface area contributed by atoms with Gasteiger partial charge < -0.3 is 46.4 Å². The number of nitrogens with zero attached hydrogens (tertiary/aromatic N) is 4. The number of fused-ring (bicyclic) bond motifs is 4. The quantitative estimate of drug-likeness (QED) is 0.213. The number of amides is 1. The summed E-state index contributed by atoms with van der Waals surface area (Å²) in [6.07, 6.45) is -0.107. The summed E-state index contributed by atoms with van der Waals surface area (Å²) in [6.45, 7) is 11.9. The van der Waals surface area contributed by atoms with E-state index >= 15 is 0 Å². The lowest BCUT2D eigenvalue weighted by Crippen LogP contribution is -3.00. The second-order valence-electron chi connectivity index (χ2n) is 13.7. The predicted octanol–water partition coefficient (Wildman–Crippen LogP) is -3.25. The maximum Gasteiger partial charge on any atom is 0.244 e. The number of aliphatic carboxylic acids is 1. The lowest BCUT2D eigenvalue weighted by atomic mass is 9.78. The van der Waals surface area contributed by atoms with Crippen LogP contribution in [0.25, 0.3) is 10.8 Å². The Morgan fingerprint density at radius 1 is 1.09 bits per heavy atom. The van der Waals surface area contributed by atoms with Crippen LogP contribution in [0.5, 0.6) is 0 Å². The predicted molar refractivity (Wildman–Crippen MR) is 159 cm³/mol. The number of hydrogen-bond acceptors (Lipinski definition) is 7. The minimum absolute atomic E-state index is 0. The lowest BCUT2D eigenvalue weighted by molar-refractivity contribution is -1.09. The molecule has 6 heterocycles. The van der Waals surface area contributed by atoms with Crippen LogP contribution in [0.4, 0.5) is 0 Å². The number of aliphatic hydroxyl groups excluding tert-OH is 2. The highest BCUT2D eigenvalue weighted by atomic mass is 35.5. The number of carbonyl (C=O) groups excluding carboxylic acids is 2. The summed E-state index contributed by atoms with van der Waals surface area (Å²) in [5.41, 5.74) is 2.08. The Hall–Kier alpha value is -2.58. The third kappa shape index (κ3) is 4.83. The van der Waals surface area contributed by atoms with Crippen molar-refractivity contribution in [3.63, 3.8) is 0 Å². The van der Waals surface area contributed by atoms with Gasteiger partial charge in [0.25, 0.3) is 0 Å². The second-order valence-corrected chi connectivity index (χ2v) is 15.6. The van der Waals surface area contributed by atoms with Crippen LogP contribution < -0.4 is 17.5 Å². The molecule has 0 aromatic heterocycles. The van der Waals surface area contributed by atoms with Gasteiger partial charge in [-0.25, -0.2) is 8.42 Å². The molecule has 0 unspecified atom stereocenters. The number of aliphatic hydroxyl groups is 2. The number of β-lactam (4-membered cyclic amide) rings is 1. The average Bonchev–Trinajstić information content (AvgIpc) is 3.24. The van der Waals surface area contributed by atoms with Gasteiger partial charge >= 0.3 is 0 Å².